The van der Waals surface area contributed by atoms with Crippen molar-refractivity contribution in [1.82, 2.24) is 20.3 Å². The standard InChI is InChI=1S/C18H12BrF2N5O2S/c19-10-7-24-17-15(10)13(1-2-23-17)28-16-11(20)5-9(6-12(16)21)26-18(27)25-8-14-22-3-4-29-14/h1-7H,8H2,(H,23,24)(H2,25,26,27). The van der Waals surface area contributed by atoms with Crippen LogP contribution in [0, 0.1) is 11.6 Å². The highest BCUT2D eigenvalue weighted by Gasteiger charge is 2.18. The van der Waals surface area contributed by atoms with Gasteiger partial charge in [0, 0.05) is 46.3 Å². The van der Waals surface area contributed by atoms with Crippen molar-refractivity contribution in [3.8, 4) is 11.5 Å². The zero-order chi connectivity index (χ0) is 20.4. The fourth-order valence-corrected chi connectivity index (χ4v) is 3.64. The normalized spacial score (nSPS) is 10.9. The first kappa shape index (κ1) is 19.3. The number of aromatic amines is 1. The van der Waals surface area contributed by atoms with E-state index in [0.717, 1.165) is 12.1 Å². The van der Waals surface area contributed by atoms with Crippen LogP contribution in [0.5, 0.6) is 11.5 Å². The fourth-order valence-electron chi connectivity index (χ4n) is 2.58. The molecule has 29 heavy (non-hydrogen) atoms. The lowest BCUT2D eigenvalue weighted by atomic mass is 10.2. The number of H-pyrrole nitrogens is 1. The van der Waals surface area contributed by atoms with Crippen LogP contribution in [0.3, 0.4) is 0 Å². The Balaban J connectivity index is 1.51. The highest BCUT2D eigenvalue weighted by molar-refractivity contribution is 9.10. The number of benzene rings is 1. The van der Waals surface area contributed by atoms with Gasteiger partial charge in [-0.15, -0.1) is 11.3 Å². The average Bonchev–Trinajstić information content (AvgIpc) is 3.33. The lowest BCUT2D eigenvalue weighted by Gasteiger charge is -2.12. The minimum absolute atomic E-state index is 0.0494. The molecule has 2 amide bonds. The van der Waals surface area contributed by atoms with E-state index in [1.807, 2.05) is 0 Å². The van der Waals surface area contributed by atoms with E-state index in [-0.39, 0.29) is 18.0 Å². The monoisotopic (exact) mass is 479 g/mol. The number of thiazole rings is 1. The maximum atomic E-state index is 14.5. The summed E-state index contributed by atoms with van der Waals surface area (Å²) in [5.74, 6) is -2.28. The van der Waals surface area contributed by atoms with Crippen molar-refractivity contribution in [1.29, 1.82) is 0 Å². The molecular formula is C18H12BrF2N5O2S. The molecule has 0 radical (unpaired) electrons. The summed E-state index contributed by atoms with van der Waals surface area (Å²) in [7, 11) is 0. The number of nitrogens with one attached hydrogen (secondary N) is 3. The van der Waals surface area contributed by atoms with E-state index in [1.54, 1.807) is 17.8 Å². The van der Waals surface area contributed by atoms with Gasteiger partial charge in [-0.05, 0) is 22.0 Å². The van der Waals surface area contributed by atoms with Gasteiger partial charge in [0.05, 0.1) is 11.9 Å². The molecule has 0 saturated heterocycles. The minimum atomic E-state index is -0.961. The van der Waals surface area contributed by atoms with Crippen molar-refractivity contribution < 1.29 is 18.3 Å². The number of carbonyl (C=O) groups is 1. The number of hydrogen-bond donors (Lipinski definition) is 3. The molecule has 3 N–H and O–H groups in total. The first-order chi connectivity index (χ1) is 14.0. The Morgan fingerprint density at radius 2 is 2.03 bits per heavy atom. The largest absolute Gasteiger partial charge is 0.450 e. The number of aromatic nitrogens is 3. The van der Waals surface area contributed by atoms with E-state index in [4.69, 9.17) is 4.74 Å². The van der Waals surface area contributed by atoms with Crippen molar-refractivity contribution >= 4 is 50.0 Å². The highest BCUT2D eigenvalue weighted by atomic mass is 79.9. The van der Waals surface area contributed by atoms with Gasteiger partial charge in [-0.1, -0.05) is 0 Å². The van der Waals surface area contributed by atoms with Crippen LogP contribution in [0.15, 0.2) is 46.6 Å². The molecule has 0 fully saturated rings. The molecule has 0 bridgehead atoms. The van der Waals surface area contributed by atoms with Crippen LogP contribution in [0.2, 0.25) is 0 Å². The molecule has 3 heterocycles. The second-order valence-electron chi connectivity index (χ2n) is 5.77. The van der Waals surface area contributed by atoms with E-state index in [9.17, 15) is 13.6 Å². The number of urea groups is 1. The first-order valence-corrected chi connectivity index (χ1v) is 9.90. The summed E-state index contributed by atoms with van der Waals surface area (Å²) in [6.45, 7) is 0.208. The van der Waals surface area contributed by atoms with Gasteiger partial charge in [0.1, 0.15) is 16.4 Å². The molecule has 0 unspecified atom stereocenters. The number of ether oxygens (including phenoxy) is 1. The molecule has 4 aromatic rings. The van der Waals surface area contributed by atoms with Crippen molar-refractivity contribution in [2.45, 2.75) is 6.54 Å². The van der Waals surface area contributed by atoms with Gasteiger partial charge >= 0.3 is 6.03 Å². The summed E-state index contributed by atoms with van der Waals surface area (Å²) in [5.41, 5.74) is 0.456. The van der Waals surface area contributed by atoms with Gasteiger partial charge in [0.2, 0.25) is 0 Å². The number of anilines is 1. The summed E-state index contributed by atoms with van der Waals surface area (Å²) >= 11 is 4.72. The topological polar surface area (TPSA) is 91.9 Å². The lowest BCUT2D eigenvalue weighted by Crippen LogP contribution is -2.28. The number of halogens is 3. The Morgan fingerprint density at radius 3 is 2.76 bits per heavy atom. The third kappa shape index (κ3) is 4.20. The molecule has 0 atom stereocenters. The van der Waals surface area contributed by atoms with Crippen LogP contribution >= 0.6 is 27.3 Å². The summed E-state index contributed by atoms with van der Waals surface area (Å²) in [6, 6.07) is 2.84. The van der Waals surface area contributed by atoms with Crippen molar-refractivity contribution in [2.24, 2.45) is 0 Å². The van der Waals surface area contributed by atoms with Crippen LogP contribution in [-0.4, -0.2) is 21.0 Å². The number of carbonyl (C=O) groups excluding carboxylic acids is 1. The smallest absolute Gasteiger partial charge is 0.319 e. The van der Waals surface area contributed by atoms with Crippen LogP contribution < -0.4 is 15.4 Å². The number of amides is 2. The number of nitrogens with zero attached hydrogens (tertiary/aromatic N) is 2. The minimum Gasteiger partial charge on any atom is -0.450 e. The number of hydrogen-bond acceptors (Lipinski definition) is 5. The lowest BCUT2D eigenvalue weighted by molar-refractivity contribution is 0.251. The Hall–Kier alpha value is -3.05. The Labute approximate surface area is 175 Å². The van der Waals surface area contributed by atoms with Gasteiger partial charge in [-0.25, -0.2) is 23.5 Å². The molecular weight excluding hydrogens is 468 g/mol. The molecule has 0 aliphatic rings. The number of rotatable bonds is 5. The molecule has 7 nitrogen and oxygen atoms in total. The van der Waals surface area contributed by atoms with E-state index < -0.39 is 23.4 Å². The van der Waals surface area contributed by atoms with Crippen molar-refractivity contribution in [3.63, 3.8) is 0 Å². The first-order valence-electron chi connectivity index (χ1n) is 8.23. The molecule has 0 spiro atoms. The van der Waals surface area contributed by atoms with Crippen molar-refractivity contribution in [3.05, 3.63) is 63.3 Å². The molecule has 0 aliphatic heterocycles. The van der Waals surface area contributed by atoms with E-state index >= 15 is 0 Å². The average molecular weight is 480 g/mol. The zero-order valence-electron chi connectivity index (χ0n) is 14.5. The predicted molar refractivity (Wildman–Crippen MR) is 108 cm³/mol. The third-order valence-corrected chi connectivity index (χ3v) is 5.24. The highest BCUT2D eigenvalue weighted by Crippen LogP contribution is 2.36. The Bertz CT molecular complexity index is 1160. The second kappa shape index (κ2) is 8.13. The van der Waals surface area contributed by atoms with Gasteiger partial charge in [-0.3, -0.25) is 0 Å². The van der Waals surface area contributed by atoms with Crippen LogP contribution in [0.1, 0.15) is 5.01 Å². The number of pyridine rings is 1. The van der Waals surface area contributed by atoms with E-state index in [1.165, 1.54) is 23.6 Å². The quantitative estimate of drug-likeness (QED) is 0.368. The van der Waals surface area contributed by atoms with Gasteiger partial charge in [-0.2, -0.15) is 0 Å². The molecule has 1 aromatic carbocycles. The molecule has 148 valence electrons. The van der Waals surface area contributed by atoms with Gasteiger partial charge in [0.15, 0.2) is 17.4 Å². The SMILES string of the molecule is O=C(NCc1nccs1)Nc1cc(F)c(Oc2ccnc3[nH]cc(Br)c23)c(F)c1. The maximum Gasteiger partial charge on any atom is 0.319 e. The van der Waals surface area contributed by atoms with E-state index in [0.29, 0.717) is 20.5 Å². The maximum absolute atomic E-state index is 14.5. The Kier molecular flexibility index (Phi) is 5.41. The number of fused-ring (bicyclic) bond motifs is 1. The summed E-state index contributed by atoms with van der Waals surface area (Å²) in [4.78, 5) is 23.0. The summed E-state index contributed by atoms with van der Waals surface area (Å²) in [5, 5.41) is 7.98. The van der Waals surface area contributed by atoms with Crippen molar-refractivity contribution in [2.75, 3.05) is 5.32 Å². The van der Waals surface area contributed by atoms with Crippen LogP contribution in [0.4, 0.5) is 19.3 Å². The van der Waals surface area contributed by atoms with Gasteiger partial charge < -0.3 is 20.4 Å². The third-order valence-electron chi connectivity index (χ3n) is 3.84. The second-order valence-corrected chi connectivity index (χ2v) is 7.61. The zero-order valence-corrected chi connectivity index (χ0v) is 16.9. The molecule has 0 saturated carbocycles. The molecule has 11 heteroatoms. The Morgan fingerprint density at radius 1 is 1.24 bits per heavy atom. The molecule has 4 rings (SSSR count). The molecule has 3 aromatic heterocycles. The van der Waals surface area contributed by atoms with Crippen LogP contribution in [0.25, 0.3) is 11.0 Å². The predicted octanol–water partition coefficient (Wildman–Crippen LogP) is 5.17. The van der Waals surface area contributed by atoms with Gasteiger partial charge in [0.25, 0.3) is 0 Å². The summed E-state index contributed by atoms with van der Waals surface area (Å²) in [6.07, 6.45) is 4.72. The summed E-state index contributed by atoms with van der Waals surface area (Å²) < 4.78 is 35.1. The van der Waals surface area contributed by atoms with E-state index in [2.05, 4.69) is 41.5 Å². The van der Waals surface area contributed by atoms with Crippen LogP contribution in [-0.2, 0) is 6.54 Å². The fraction of sp³-hybridized carbons (Fsp3) is 0.0556. The molecule has 0 aliphatic carbocycles.